The molecule has 0 heterocycles. The van der Waals surface area contributed by atoms with E-state index in [1.807, 2.05) is 0 Å². The molecule has 1 aromatic carbocycles. The van der Waals surface area contributed by atoms with Gasteiger partial charge in [0.25, 0.3) is 0 Å². The third-order valence-corrected chi connectivity index (χ3v) is 7.48. The standard InChI is InChI=1S/C35H49NO10.3Na/c1-3-5-7-10-13-16-27(37)17-14-11-8-9-12-15-18-29(35(45,34(43)44)25-31(38)39)32(40)36-30(33(41)42)24-26-19-21-28(22-20-26)46-23-6-4-2;;;/h15,18-22,29-30,45H,3,5,7-14,16-17,23-25H2,1-2H3,(H,36,40)(H,38,39)(H,41,42)(H,43,44);;;/q;3*+1/p-3/b18-15+;;;/t29-,30+,35+;;;/m1.../s1. The number of amides is 1. The number of aliphatic carboxylic acids is 3. The van der Waals surface area contributed by atoms with E-state index in [9.17, 15) is 44.4 Å². The van der Waals surface area contributed by atoms with E-state index in [-0.39, 0.29) is 107 Å². The van der Waals surface area contributed by atoms with E-state index in [1.54, 1.807) is 31.2 Å². The first-order chi connectivity index (χ1) is 21.9. The summed E-state index contributed by atoms with van der Waals surface area (Å²) < 4.78 is 5.41. The van der Waals surface area contributed by atoms with Crippen LogP contribution in [0, 0.1) is 17.8 Å². The summed E-state index contributed by atoms with van der Waals surface area (Å²) >= 11 is 0. The van der Waals surface area contributed by atoms with Gasteiger partial charge in [-0.2, -0.15) is 0 Å². The van der Waals surface area contributed by atoms with Crippen LogP contribution in [0.15, 0.2) is 36.4 Å². The molecule has 1 amide bonds. The zero-order chi connectivity index (χ0) is 34.4. The largest absolute Gasteiger partial charge is 1.00 e. The van der Waals surface area contributed by atoms with Crippen LogP contribution in [0.5, 0.6) is 5.75 Å². The van der Waals surface area contributed by atoms with E-state index in [1.165, 1.54) is 12.5 Å². The topological polar surface area (TPSA) is 196 Å². The van der Waals surface area contributed by atoms with Crippen molar-refractivity contribution in [2.75, 3.05) is 6.61 Å². The van der Waals surface area contributed by atoms with Crippen molar-refractivity contribution in [1.82, 2.24) is 5.32 Å². The second kappa shape index (κ2) is 30.5. The normalized spacial score (nSPS) is 12.7. The molecule has 1 rings (SSSR count). The predicted octanol–water partition coefficient (Wildman–Crippen LogP) is -8.06. The van der Waals surface area contributed by atoms with Gasteiger partial charge >= 0.3 is 88.7 Å². The van der Waals surface area contributed by atoms with Crippen LogP contribution in [0.25, 0.3) is 0 Å². The number of rotatable bonds is 25. The first-order valence-electron chi connectivity index (χ1n) is 15.9. The molecule has 0 radical (unpaired) electrons. The molecule has 14 heteroatoms. The van der Waals surface area contributed by atoms with Gasteiger partial charge in [0.05, 0.1) is 23.9 Å². The number of Topliss-reactive ketones (excluding diaryl/α,β-unsaturated/α-hetero) is 1. The van der Waals surface area contributed by atoms with Crippen LogP contribution in [0.3, 0.4) is 0 Å². The summed E-state index contributed by atoms with van der Waals surface area (Å²) in [7, 11) is 0. The van der Waals surface area contributed by atoms with E-state index in [0.717, 1.165) is 51.0 Å². The van der Waals surface area contributed by atoms with Gasteiger partial charge in [0, 0.05) is 25.2 Å². The van der Waals surface area contributed by atoms with Gasteiger partial charge in [-0.15, -0.1) is 5.92 Å². The van der Waals surface area contributed by atoms with Crippen molar-refractivity contribution in [1.29, 1.82) is 0 Å². The van der Waals surface area contributed by atoms with Crippen LogP contribution in [0.4, 0.5) is 0 Å². The Hall–Kier alpha value is -1.17. The molecule has 0 spiro atoms. The first-order valence-corrected chi connectivity index (χ1v) is 15.9. The maximum atomic E-state index is 13.2. The van der Waals surface area contributed by atoms with Gasteiger partial charge in [-0.3, -0.25) is 9.59 Å². The van der Waals surface area contributed by atoms with Crippen molar-refractivity contribution < 1.29 is 138 Å². The summed E-state index contributed by atoms with van der Waals surface area (Å²) in [6.45, 7) is 3.97. The number of nitrogens with one attached hydrogen (secondary N) is 1. The Bertz CT molecular complexity index is 1230. The van der Waals surface area contributed by atoms with Crippen LogP contribution in [0.1, 0.15) is 103 Å². The number of ether oxygens (including phenoxy) is 1. The van der Waals surface area contributed by atoms with Gasteiger partial charge in [-0.05, 0) is 56.7 Å². The van der Waals surface area contributed by atoms with Crippen LogP contribution in [0.2, 0.25) is 0 Å². The molecule has 2 N–H and O–H groups in total. The quantitative estimate of drug-likeness (QED) is 0.0426. The molecule has 11 nitrogen and oxygen atoms in total. The van der Waals surface area contributed by atoms with Crippen molar-refractivity contribution >= 4 is 29.6 Å². The van der Waals surface area contributed by atoms with Gasteiger partial charge in [-0.1, -0.05) is 75.7 Å². The van der Waals surface area contributed by atoms with Crippen molar-refractivity contribution in [3.8, 4) is 17.6 Å². The molecule has 254 valence electrons. The van der Waals surface area contributed by atoms with Crippen molar-refractivity contribution in [3.05, 3.63) is 42.0 Å². The second-order valence-corrected chi connectivity index (χ2v) is 11.3. The van der Waals surface area contributed by atoms with Crippen molar-refractivity contribution in [2.45, 2.75) is 115 Å². The van der Waals surface area contributed by atoms with Crippen molar-refractivity contribution in [3.63, 3.8) is 0 Å². The molecular formula is C35H46NNa3O10. The van der Waals surface area contributed by atoms with Gasteiger partial charge in [0.2, 0.25) is 5.91 Å². The number of aliphatic hydroxyl groups is 1. The van der Waals surface area contributed by atoms with Crippen LogP contribution >= 0.6 is 0 Å². The zero-order valence-corrected chi connectivity index (χ0v) is 35.8. The summed E-state index contributed by atoms with van der Waals surface area (Å²) in [5, 5.41) is 48.0. The Morgan fingerprint density at radius 2 is 1.47 bits per heavy atom. The Morgan fingerprint density at radius 3 is 1.98 bits per heavy atom. The molecule has 0 unspecified atom stereocenters. The summed E-state index contributed by atoms with van der Waals surface area (Å²) in [6.07, 6.45) is 10.5. The Balaban J connectivity index is -0.00000705. The summed E-state index contributed by atoms with van der Waals surface area (Å²) in [5.74, 6) is -2.97. The molecule has 0 aliphatic heterocycles. The molecule has 0 saturated heterocycles. The van der Waals surface area contributed by atoms with E-state index in [2.05, 4.69) is 24.1 Å². The fourth-order valence-corrected chi connectivity index (χ4v) is 4.82. The summed E-state index contributed by atoms with van der Waals surface area (Å²) in [5.41, 5.74) is -2.75. The number of benzene rings is 1. The molecular weight excluding hydrogens is 663 g/mol. The van der Waals surface area contributed by atoms with Gasteiger partial charge in [-0.25, -0.2) is 0 Å². The maximum absolute atomic E-state index is 13.2. The van der Waals surface area contributed by atoms with Gasteiger partial charge < -0.3 is 44.9 Å². The number of carbonyl (C=O) groups is 5. The first kappa shape index (κ1) is 52.2. The van der Waals surface area contributed by atoms with Crippen LogP contribution in [-0.2, 0) is 30.4 Å². The zero-order valence-electron chi connectivity index (χ0n) is 29.8. The second-order valence-electron chi connectivity index (χ2n) is 11.3. The minimum Gasteiger partial charge on any atom is -0.550 e. The molecule has 0 aliphatic carbocycles. The van der Waals surface area contributed by atoms with Gasteiger partial charge in [0.15, 0.2) is 0 Å². The minimum atomic E-state index is -3.22. The average molecular weight is 710 g/mol. The minimum absolute atomic E-state index is 0. The van der Waals surface area contributed by atoms with E-state index in [4.69, 9.17) is 4.74 Å². The SMILES string of the molecule is CC#CCOc1ccc(C[C@H](NC(=O)[C@@H](/C=C/CCCCCCC(=O)CCCCCCC)[C@@](O)(CC(=O)[O-])C(=O)[O-])C(=O)[O-])cc1.[Na+].[Na+].[Na+]. The molecule has 0 bridgehead atoms. The molecule has 3 atom stereocenters. The van der Waals surface area contributed by atoms with E-state index >= 15 is 0 Å². The van der Waals surface area contributed by atoms with Crippen LogP contribution < -0.4 is 114 Å². The fourth-order valence-electron chi connectivity index (χ4n) is 4.82. The molecule has 0 aromatic heterocycles. The Morgan fingerprint density at radius 1 is 0.898 bits per heavy atom. The number of ketones is 1. The maximum Gasteiger partial charge on any atom is 1.00 e. The van der Waals surface area contributed by atoms with E-state index < -0.39 is 47.8 Å². The Kier molecular flexibility index (Phi) is 32.4. The number of carboxylic acid groups (broad SMARTS) is 3. The average Bonchev–Trinajstić information content (AvgIpc) is 3.00. The smallest absolute Gasteiger partial charge is 0.550 e. The summed E-state index contributed by atoms with van der Waals surface area (Å²) in [6, 6.07) is 4.64. The number of hydrogen-bond acceptors (Lipinski definition) is 10. The van der Waals surface area contributed by atoms with Gasteiger partial charge in [0.1, 0.15) is 23.7 Å². The molecule has 0 aliphatic rings. The number of carboxylic acids is 3. The van der Waals surface area contributed by atoms with E-state index in [0.29, 0.717) is 37.0 Å². The number of carbonyl (C=O) groups excluding carboxylic acids is 5. The van der Waals surface area contributed by atoms with Crippen LogP contribution in [-0.4, -0.2) is 53.0 Å². The molecule has 0 fully saturated rings. The Labute approximate surface area is 356 Å². The number of allylic oxidation sites excluding steroid dienone is 1. The third kappa shape index (κ3) is 22.4. The number of unbranched alkanes of at least 4 members (excludes halogenated alkanes) is 8. The fraction of sp³-hybridized carbons (Fsp3) is 0.571. The third-order valence-electron chi connectivity index (χ3n) is 7.48. The molecule has 0 saturated carbocycles. The molecule has 1 aromatic rings. The number of hydrogen-bond donors (Lipinski definition) is 2. The predicted molar refractivity (Wildman–Crippen MR) is 164 cm³/mol. The summed E-state index contributed by atoms with van der Waals surface area (Å²) in [4.78, 5) is 60.3. The molecule has 49 heavy (non-hydrogen) atoms. The van der Waals surface area contributed by atoms with Crippen molar-refractivity contribution in [2.24, 2.45) is 5.92 Å². The monoisotopic (exact) mass is 709 g/mol.